The van der Waals surface area contributed by atoms with Crippen LogP contribution in [0, 0.1) is 5.41 Å². The fraction of sp³-hybridized carbons (Fsp3) is 0.458. The highest BCUT2D eigenvalue weighted by molar-refractivity contribution is 7.93. The zero-order valence-corrected chi connectivity index (χ0v) is 23.4. The number of Topliss-reactive ketones (excluding diaryl/α,β-unsaturated/α-hetero) is 1. The van der Waals surface area contributed by atoms with Crippen molar-refractivity contribution in [3.63, 3.8) is 0 Å². The molecule has 0 amide bonds. The molecule has 0 saturated heterocycles. The van der Waals surface area contributed by atoms with Crippen molar-refractivity contribution >= 4 is 33.4 Å². The number of ketones is 1. The average Bonchev–Trinajstić information content (AvgIpc) is 3.29. The Balaban J connectivity index is 1.81. The Hall–Kier alpha value is -3.29. The summed E-state index contributed by atoms with van der Waals surface area (Å²) in [6.45, 7) is 5.11. The Morgan fingerprint density at radius 2 is 1.71 bits per heavy atom. The zero-order valence-electron chi connectivity index (χ0n) is 21.8. The summed E-state index contributed by atoms with van der Waals surface area (Å²) in [7, 11) is 0.186. The lowest BCUT2D eigenvalue weighted by molar-refractivity contribution is -0.138. The molecule has 3 aromatic rings. The molecule has 2 unspecified atom stereocenters. The third-order valence-corrected chi connectivity index (χ3v) is 8.79. The molecule has 12 nitrogen and oxygen atoms in total. The van der Waals surface area contributed by atoms with Crippen molar-refractivity contribution < 1.29 is 27.4 Å². The van der Waals surface area contributed by atoms with E-state index in [0.29, 0.717) is 28.0 Å². The number of carbonyl (C=O) groups is 1. The number of carbonyl (C=O) groups excluding carboxylic acids is 1. The van der Waals surface area contributed by atoms with Gasteiger partial charge in [0.1, 0.15) is 40.1 Å². The predicted molar refractivity (Wildman–Crippen MR) is 139 cm³/mol. The number of rotatable bonds is 10. The Labute approximate surface area is 225 Å². The Morgan fingerprint density at radius 3 is 2.21 bits per heavy atom. The van der Waals surface area contributed by atoms with E-state index >= 15 is 0 Å². The van der Waals surface area contributed by atoms with Crippen LogP contribution in [0.25, 0.3) is 5.69 Å². The van der Waals surface area contributed by atoms with Gasteiger partial charge in [-0.05, 0) is 19.1 Å². The number of hydrogen-bond donors (Lipinski definition) is 1. The van der Waals surface area contributed by atoms with Crippen molar-refractivity contribution in [1.29, 1.82) is 0 Å². The summed E-state index contributed by atoms with van der Waals surface area (Å²) in [5.41, 5.74) is -0.321. The van der Waals surface area contributed by atoms with E-state index in [9.17, 15) is 13.2 Å². The molecule has 0 bridgehead atoms. The first-order chi connectivity index (χ1) is 18.0. The van der Waals surface area contributed by atoms with Crippen LogP contribution < -0.4 is 14.2 Å². The van der Waals surface area contributed by atoms with Gasteiger partial charge in [0.15, 0.2) is 5.82 Å². The van der Waals surface area contributed by atoms with Gasteiger partial charge in [-0.15, -0.1) is 10.2 Å². The van der Waals surface area contributed by atoms with E-state index in [4.69, 9.17) is 25.8 Å². The van der Waals surface area contributed by atoms with E-state index in [1.807, 2.05) is 13.8 Å². The summed E-state index contributed by atoms with van der Waals surface area (Å²) in [5.74, 6) is 0.993. The lowest BCUT2D eigenvalue weighted by Crippen LogP contribution is -2.44. The second kappa shape index (κ2) is 10.5. The van der Waals surface area contributed by atoms with E-state index in [1.165, 1.54) is 45.2 Å². The third kappa shape index (κ3) is 4.81. The second-order valence-electron chi connectivity index (χ2n) is 9.40. The summed E-state index contributed by atoms with van der Waals surface area (Å²) in [5, 5.41) is 7.67. The van der Waals surface area contributed by atoms with E-state index < -0.39 is 26.8 Å². The molecule has 1 fully saturated rings. The Morgan fingerprint density at radius 1 is 1.11 bits per heavy atom. The van der Waals surface area contributed by atoms with Crippen molar-refractivity contribution in [1.82, 2.24) is 24.7 Å². The van der Waals surface area contributed by atoms with Gasteiger partial charge in [0.25, 0.3) is 0 Å². The number of sulfonamides is 1. The predicted octanol–water partition coefficient (Wildman–Crippen LogP) is 3.33. The number of nitrogens with one attached hydrogen (secondary N) is 1. The lowest BCUT2D eigenvalue weighted by atomic mass is 9.61. The second-order valence-corrected chi connectivity index (χ2v) is 11.9. The average molecular weight is 565 g/mol. The van der Waals surface area contributed by atoms with Crippen molar-refractivity contribution in [3.05, 3.63) is 47.3 Å². The van der Waals surface area contributed by atoms with Crippen LogP contribution >= 0.6 is 11.6 Å². The zero-order chi connectivity index (χ0) is 27.8. The minimum absolute atomic E-state index is 0.0747. The largest absolute Gasteiger partial charge is 0.494 e. The number of hydrogen-bond acceptors (Lipinski definition) is 10. The molecule has 1 aromatic carbocycles. The number of anilines is 1. The number of aromatic nitrogens is 5. The lowest BCUT2D eigenvalue weighted by Gasteiger charge is -2.41. The maximum absolute atomic E-state index is 13.6. The van der Waals surface area contributed by atoms with Crippen LogP contribution in [-0.4, -0.2) is 65.5 Å². The molecule has 38 heavy (non-hydrogen) atoms. The van der Waals surface area contributed by atoms with Gasteiger partial charge in [-0.25, -0.2) is 18.4 Å². The highest BCUT2D eigenvalue weighted by Gasteiger charge is 2.51. The molecule has 14 heteroatoms. The molecule has 0 radical (unpaired) electrons. The smallest absolute Gasteiger partial charge is 0.243 e. The van der Waals surface area contributed by atoms with Crippen molar-refractivity contribution in [3.8, 4) is 17.2 Å². The topological polar surface area (TPSA) is 147 Å². The molecular formula is C24H29ClN6O6S. The number of ether oxygens (including phenoxy) is 3. The van der Waals surface area contributed by atoms with Crippen molar-refractivity contribution in [2.75, 3.05) is 26.1 Å². The molecule has 2 aromatic heterocycles. The van der Waals surface area contributed by atoms with Gasteiger partial charge in [0.2, 0.25) is 16.0 Å². The fourth-order valence-electron chi connectivity index (χ4n) is 4.40. The van der Waals surface area contributed by atoms with Crippen molar-refractivity contribution in [2.24, 2.45) is 5.41 Å². The van der Waals surface area contributed by atoms with Gasteiger partial charge in [-0.3, -0.25) is 14.1 Å². The van der Waals surface area contributed by atoms with Gasteiger partial charge in [-0.1, -0.05) is 31.5 Å². The maximum atomic E-state index is 13.6. The molecule has 3 atom stereocenters. The summed E-state index contributed by atoms with van der Waals surface area (Å²) >= 11 is 5.88. The van der Waals surface area contributed by atoms with E-state index in [2.05, 4.69) is 24.9 Å². The minimum atomic E-state index is -4.15. The summed E-state index contributed by atoms with van der Waals surface area (Å²) in [6, 6.07) is 5.15. The van der Waals surface area contributed by atoms with Crippen LogP contribution in [0.3, 0.4) is 0 Å². The van der Waals surface area contributed by atoms with Crippen molar-refractivity contribution in [2.45, 2.75) is 44.5 Å². The quantitative estimate of drug-likeness (QED) is 0.388. The van der Waals surface area contributed by atoms with Crippen LogP contribution in [0.5, 0.6) is 11.5 Å². The minimum Gasteiger partial charge on any atom is -0.494 e. The highest BCUT2D eigenvalue weighted by Crippen LogP contribution is 2.50. The van der Waals surface area contributed by atoms with E-state index in [0.717, 1.165) is 0 Å². The third-order valence-electron chi connectivity index (χ3n) is 6.90. The molecular weight excluding hydrogens is 536 g/mol. The maximum Gasteiger partial charge on any atom is 0.243 e. The van der Waals surface area contributed by atoms with Crippen LogP contribution in [0.15, 0.2) is 30.6 Å². The molecule has 0 aliphatic heterocycles. The molecule has 1 aliphatic carbocycles. The summed E-state index contributed by atoms with van der Waals surface area (Å²) in [6.07, 6.45) is 1.96. The molecule has 1 aliphatic rings. The SMILES string of the molecule is COc1cccc(OC)c1-n1c(NS(=O)(=O)C(C)C(OC)c2ncc(Cl)cn2)nnc1[C@@H]1CC(=O)C1(C)C. The molecule has 4 rings (SSSR count). The molecule has 0 spiro atoms. The highest BCUT2D eigenvalue weighted by atomic mass is 35.5. The standard InChI is InChI=1S/C24H29ClN6O6S/c1-13(20(37-6)21-26-11-14(25)12-27-21)38(33,34)30-23-29-28-22(15-10-18(32)24(15,2)3)31(23)19-16(35-4)8-7-9-17(19)36-5/h7-9,11-13,15,20H,10H2,1-6H3,(H,29,30)/t13?,15-,20?/m0/s1. The van der Waals surface area contributed by atoms with Crippen LogP contribution in [0.4, 0.5) is 5.95 Å². The number of methoxy groups -OCH3 is 3. The first-order valence-electron chi connectivity index (χ1n) is 11.7. The van der Waals surface area contributed by atoms with Gasteiger partial charge in [-0.2, -0.15) is 0 Å². The van der Waals surface area contributed by atoms with Gasteiger partial charge in [0.05, 0.1) is 19.2 Å². The molecule has 1 saturated carbocycles. The van der Waals surface area contributed by atoms with Crippen LogP contribution in [-0.2, 0) is 19.6 Å². The first kappa shape index (κ1) is 27.7. The van der Waals surface area contributed by atoms with Crippen LogP contribution in [0.2, 0.25) is 5.02 Å². The summed E-state index contributed by atoms with van der Waals surface area (Å²) in [4.78, 5) is 20.6. The Kier molecular flexibility index (Phi) is 7.64. The number of nitrogens with zero attached hydrogens (tertiary/aromatic N) is 5. The first-order valence-corrected chi connectivity index (χ1v) is 13.6. The van der Waals surface area contributed by atoms with E-state index in [1.54, 1.807) is 18.2 Å². The Bertz CT molecular complexity index is 1420. The normalized spacial score (nSPS) is 18.4. The number of para-hydroxylation sites is 1. The number of benzene rings is 1. The molecule has 204 valence electrons. The molecule has 2 heterocycles. The summed E-state index contributed by atoms with van der Waals surface area (Å²) < 4.78 is 47.9. The van der Waals surface area contributed by atoms with Crippen LogP contribution in [0.1, 0.15) is 50.9 Å². The van der Waals surface area contributed by atoms with Gasteiger partial charge >= 0.3 is 0 Å². The fourth-order valence-corrected chi connectivity index (χ4v) is 5.63. The monoisotopic (exact) mass is 564 g/mol. The van der Waals surface area contributed by atoms with E-state index in [-0.39, 0.29) is 29.9 Å². The van der Waals surface area contributed by atoms with Gasteiger partial charge < -0.3 is 14.2 Å². The molecule has 1 N–H and O–H groups in total. The van der Waals surface area contributed by atoms with Gasteiger partial charge in [0, 0.05) is 37.3 Å². The number of halogens is 1.